The summed E-state index contributed by atoms with van der Waals surface area (Å²) in [4.78, 5) is 5.20. The molecule has 12 rings (SSSR count). The minimum atomic E-state index is -1.78. The summed E-state index contributed by atoms with van der Waals surface area (Å²) in [6.45, 7) is 2.55. The normalized spacial score (nSPS) is 14.5. The maximum atomic E-state index is 2.55. The monoisotopic (exact) mass is 811 g/mol. The van der Waals surface area contributed by atoms with Gasteiger partial charge in [-0.25, -0.2) is 0 Å². The first-order chi connectivity index (χ1) is 30.2. The number of fused-ring (bicyclic) bond motifs is 10. The van der Waals surface area contributed by atoms with Crippen LogP contribution in [-0.2, 0) is 5.41 Å². The average molecular weight is 812 g/mol. The molecule has 1 unspecified atom stereocenters. The van der Waals surface area contributed by atoms with Gasteiger partial charge in [-0.05, 0) is 114 Å². The van der Waals surface area contributed by atoms with Gasteiger partial charge < -0.3 is 4.90 Å². The van der Waals surface area contributed by atoms with Crippen molar-refractivity contribution < 1.29 is 0 Å². The van der Waals surface area contributed by atoms with Gasteiger partial charge in [0.2, 0.25) is 0 Å². The lowest BCUT2D eigenvalue weighted by atomic mass is 9.64. The van der Waals surface area contributed by atoms with E-state index in [9.17, 15) is 0 Å². The smallest absolute Gasteiger partial charge is 0.103 e. The molecule has 3 heteroatoms. The second-order valence-corrected chi connectivity index (χ2v) is 20.1. The molecule has 0 aromatic heterocycles. The molecule has 0 fully saturated rings. The Bertz CT molecular complexity index is 3140. The minimum absolute atomic E-state index is 0.456. The predicted octanol–water partition coefficient (Wildman–Crippen LogP) is 13.9. The number of hydrogen-bond acceptors (Lipinski definition) is 2. The topological polar surface area (TPSA) is 3.24 Å². The maximum absolute atomic E-state index is 2.55. The number of anilines is 3. The molecule has 0 amide bonds. The maximum Gasteiger partial charge on any atom is 0.103 e. The van der Waals surface area contributed by atoms with E-state index >= 15 is 0 Å². The van der Waals surface area contributed by atoms with Gasteiger partial charge in [0.15, 0.2) is 0 Å². The molecular weight excluding hydrogens is 771 g/mol. The Kier molecular flexibility index (Phi) is 8.48. The van der Waals surface area contributed by atoms with Crippen LogP contribution < -0.4 is 15.3 Å². The molecule has 2 aliphatic heterocycles. The number of benzene rings is 10. The Morgan fingerprint density at radius 2 is 0.836 bits per heavy atom. The number of rotatable bonds is 5. The van der Waals surface area contributed by atoms with Crippen molar-refractivity contribution in [2.45, 2.75) is 21.8 Å². The van der Waals surface area contributed by atoms with E-state index in [4.69, 9.17) is 0 Å². The van der Waals surface area contributed by atoms with Crippen LogP contribution in [0, 0.1) is 0 Å². The van der Waals surface area contributed by atoms with Gasteiger partial charge in [0.25, 0.3) is 0 Å². The van der Waals surface area contributed by atoms with Gasteiger partial charge in [0.05, 0.1) is 5.41 Å². The van der Waals surface area contributed by atoms with Gasteiger partial charge in [-0.1, -0.05) is 205 Å². The summed E-state index contributed by atoms with van der Waals surface area (Å²) in [5.74, 6) is 0. The molecule has 10 aromatic carbocycles. The van der Waals surface area contributed by atoms with Crippen LogP contribution in [0.15, 0.2) is 234 Å². The molecular formula is C58H41NSSi. The molecule has 0 bridgehead atoms. The van der Waals surface area contributed by atoms with Crippen molar-refractivity contribution in [2.75, 3.05) is 4.90 Å². The van der Waals surface area contributed by atoms with Gasteiger partial charge in [-0.2, -0.15) is 0 Å². The first kappa shape index (κ1) is 36.0. The summed E-state index contributed by atoms with van der Waals surface area (Å²) in [7, 11) is -1.78. The molecule has 1 atom stereocenters. The van der Waals surface area contributed by atoms with Crippen LogP contribution in [0.2, 0.25) is 6.55 Å². The average Bonchev–Trinajstić information content (AvgIpc) is 3.33. The predicted molar refractivity (Wildman–Crippen MR) is 262 cm³/mol. The lowest BCUT2D eigenvalue weighted by Crippen LogP contribution is -2.56. The Hall–Kier alpha value is -6.91. The lowest BCUT2D eigenvalue weighted by Gasteiger charge is -2.48. The third kappa shape index (κ3) is 5.54. The molecule has 288 valence electrons. The van der Waals surface area contributed by atoms with Gasteiger partial charge in [-0.15, -0.1) is 0 Å². The molecule has 0 radical (unpaired) electrons. The highest BCUT2D eigenvalue weighted by Crippen LogP contribution is 2.56. The zero-order chi connectivity index (χ0) is 40.5. The molecule has 0 aliphatic carbocycles. The molecule has 10 aromatic rings. The van der Waals surface area contributed by atoms with Crippen molar-refractivity contribution in [1.82, 2.24) is 0 Å². The highest BCUT2D eigenvalue weighted by Gasteiger charge is 2.50. The molecule has 0 N–H and O–H groups in total. The molecule has 1 nitrogen and oxygen atoms in total. The molecule has 2 heterocycles. The van der Waals surface area contributed by atoms with E-state index < -0.39 is 14.2 Å². The van der Waals surface area contributed by atoms with E-state index in [1.807, 2.05) is 11.8 Å². The van der Waals surface area contributed by atoms with E-state index in [0.29, 0.717) is 0 Å². The Balaban J connectivity index is 1.10. The SMILES string of the molecule is C[SiH]1c2ccccc2C2(c3ccccc3Sc3ccccc32)c2cccc(N(c3ccc(-c4cccc5ccccc45)cc3)c3ccc(-c4cccc5ccccc45)cc3)c21. The fraction of sp³-hybridized carbons (Fsp3) is 0.0345. The Morgan fingerprint density at radius 1 is 0.393 bits per heavy atom. The number of nitrogens with zero attached hydrogens (tertiary/aromatic N) is 1. The second-order valence-electron chi connectivity index (χ2n) is 16.4. The first-order valence-electron chi connectivity index (χ1n) is 21.2. The molecule has 0 saturated heterocycles. The summed E-state index contributed by atoms with van der Waals surface area (Å²) in [6.07, 6.45) is 0. The van der Waals surface area contributed by atoms with Crippen LogP contribution in [0.1, 0.15) is 22.3 Å². The minimum Gasteiger partial charge on any atom is -0.311 e. The molecule has 61 heavy (non-hydrogen) atoms. The summed E-state index contributed by atoms with van der Waals surface area (Å²) in [5, 5.41) is 8.05. The van der Waals surface area contributed by atoms with Crippen LogP contribution in [0.5, 0.6) is 0 Å². The van der Waals surface area contributed by atoms with Crippen molar-refractivity contribution in [3.8, 4) is 22.3 Å². The van der Waals surface area contributed by atoms with Crippen LogP contribution in [-0.4, -0.2) is 8.80 Å². The van der Waals surface area contributed by atoms with E-state index in [1.54, 1.807) is 0 Å². The van der Waals surface area contributed by atoms with Crippen LogP contribution in [0.3, 0.4) is 0 Å². The lowest BCUT2D eigenvalue weighted by molar-refractivity contribution is 0.707. The van der Waals surface area contributed by atoms with Gasteiger partial charge in [-0.3, -0.25) is 0 Å². The highest BCUT2D eigenvalue weighted by atomic mass is 32.2. The van der Waals surface area contributed by atoms with Crippen molar-refractivity contribution >= 4 is 69.5 Å². The van der Waals surface area contributed by atoms with Crippen molar-refractivity contribution in [1.29, 1.82) is 0 Å². The standard InChI is InChI=1S/C58H41NSSi/c1-61-56-30-11-8-25-51(56)58(49-23-6-9-28-54(49)60-55-29-10-7-24-50(55)58)52-26-14-27-53(57(52)61)59(43-35-31-41(32-36-43)47-21-12-17-39-15-2-4-19-45(39)47)44-37-33-42(34-38-44)48-22-13-18-40-16-3-5-20-46(40)48/h2-38,61H,1H3. The fourth-order valence-corrected chi connectivity index (χ4v) is 14.7. The molecule has 0 saturated carbocycles. The zero-order valence-corrected chi connectivity index (χ0v) is 35.8. The zero-order valence-electron chi connectivity index (χ0n) is 33.8. The van der Waals surface area contributed by atoms with Crippen LogP contribution in [0.4, 0.5) is 17.1 Å². The van der Waals surface area contributed by atoms with Gasteiger partial charge in [0.1, 0.15) is 8.80 Å². The third-order valence-electron chi connectivity index (χ3n) is 13.2. The summed E-state index contributed by atoms with van der Waals surface area (Å²) in [6, 6.07) is 84.0. The van der Waals surface area contributed by atoms with Gasteiger partial charge >= 0.3 is 0 Å². The van der Waals surface area contributed by atoms with Crippen LogP contribution in [0.25, 0.3) is 43.8 Å². The molecule has 1 spiro atoms. The van der Waals surface area contributed by atoms with Gasteiger partial charge in [0, 0.05) is 26.9 Å². The highest BCUT2D eigenvalue weighted by molar-refractivity contribution is 7.99. The summed E-state index contributed by atoms with van der Waals surface area (Å²) >= 11 is 1.91. The number of hydrogen-bond donors (Lipinski definition) is 0. The second kappa shape index (κ2) is 14.4. The largest absolute Gasteiger partial charge is 0.311 e. The van der Waals surface area contributed by atoms with Crippen molar-refractivity contribution in [3.63, 3.8) is 0 Å². The van der Waals surface area contributed by atoms with Crippen LogP contribution >= 0.6 is 11.8 Å². The first-order valence-corrected chi connectivity index (χ1v) is 24.4. The van der Waals surface area contributed by atoms with E-state index in [-0.39, 0.29) is 0 Å². The quantitative estimate of drug-likeness (QED) is 0.159. The molecule has 2 aliphatic rings. The van der Waals surface area contributed by atoms with Crippen molar-refractivity contribution in [3.05, 3.63) is 247 Å². The summed E-state index contributed by atoms with van der Waals surface area (Å²) in [5.41, 5.74) is 13.6. The van der Waals surface area contributed by atoms with E-state index in [2.05, 4.69) is 236 Å². The van der Waals surface area contributed by atoms with Crippen molar-refractivity contribution in [2.24, 2.45) is 0 Å². The Morgan fingerprint density at radius 3 is 1.41 bits per heavy atom. The van der Waals surface area contributed by atoms with E-state index in [1.165, 1.54) is 91.9 Å². The fourth-order valence-electron chi connectivity index (χ4n) is 10.6. The Labute approximate surface area is 363 Å². The van der Waals surface area contributed by atoms with E-state index in [0.717, 1.165) is 11.4 Å². The summed E-state index contributed by atoms with van der Waals surface area (Å²) < 4.78 is 0. The third-order valence-corrected chi connectivity index (χ3v) is 17.3.